The second kappa shape index (κ2) is 6.67. The Labute approximate surface area is 120 Å². The van der Waals surface area contributed by atoms with Crippen LogP contribution in [0.4, 0.5) is 26.3 Å². The topological polar surface area (TPSA) is 58.2 Å². The minimum atomic E-state index is -5.06. The summed E-state index contributed by atoms with van der Waals surface area (Å²) in [4.78, 5) is 21.4. The van der Waals surface area contributed by atoms with Gasteiger partial charge < -0.3 is 10.6 Å². The first-order chi connectivity index (χ1) is 10.0. The molecule has 4 nitrogen and oxygen atoms in total. The molecule has 0 atom stereocenters. The highest BCUT2D eigenvalue weighted by molar-refractivity contribution is 5.82. The molecule has 22 heavy (non-hydrogen) atoms. The van der Waals surface area contributed by atoms with Crippen LogP contribution in [-0.2, 0) is 22.7 Å². The van der Waals surface area contributed by atoms with Crippen molar-refractivity contribution in [1.29, 1.82) is 0 Å². The van der Waals surface area contributed by atoms with Gasteiger partial charge in [0.25, 0.3) is 0 Å². The van der Waals surface area contributed by atoms with Crippen LogP contribution in [0.2, 0.25) is 0 Å². The lowest BCUT2D eigenvalue weighted by Crippen LogP contribution is -2.37. The molecule has 1 rings (SSSR count). The van der Waals surface area contributed by atoms with E-state index in [4.69, 9.17) is 0 Å². The second-order valence-electron chi connectivity index (χ2n) is 4.13. The van der Waals surface area contributed by atoms with Gasteiger partial charge in [-0.3, -0.25) is 9.59 Å². The van der Waals surface area contributed by atoms with E-state index in [0.29, 0.717) is 0 Å². The van der Waals surface area contributed by atoms with Gasteiger partial charge in [0.2, 0.25) is 0 Å². The van der Waals surface area contributed by atoms with E-state index in [1.54, 1.807) is 10.6 Å². The minimum absolute atomic E-state index is 0.155. The summed E-state index contributed by atoms with van der Waals surface area (Å²) in [5, 5.41) is 3.20. The summed E-state index contributed by atoms with van der Waals surface area (Å²) in [6.45, 7) is -1.06. The third kappa shape index (κ3) is 5.26. The molecule has 0 saturated carbocycles. The summed E-state index contributed by atoms with van der Waals surface area (Å²) in [6.07, 6.45) is -10.1. The third-order valence-electron chi connectivity index (χ3n) is 2.51. The van der Waals surface area contributed by atoms with Crippen LogP contribution in [0.3, 0.4) is 0 Å². The molecular formula is C12H10F6N2O2. The van der Waals surface area contributed by atoms with Crippen molar-refractivity contribution >= 4 is 11.8 Å². The fourth-order valence-electron chi connectivity index (χ4n) is 1.45. The summed E-state index contributed by atoms with van der Waals surface area (Å²) in [7, 11) is 0. The van der Waals surface area contributed by atoms with Crippen molar-refractivity contribution in [2.45, 2.75) is 25.4 Å². The highest BCUT2D eigenvalue weighted by atomic mass is 19.4. The normalized spacial score (nSPS) is 11.9. The maximum atomic E-state index is 12.0. The fraction of sp³-hybridized carbons (Fsp3) is 0.333. The maximum absolute atomic E-state index is 12.0. The van der Waals surface area contributed by atoms with Crippen molar-refractivity contribution in [2.75, 3.05) is 0 Å². The van der Waals surface area contributed by atoms with Gasteiger partial charge in [-0.05, 0) is 11.1 Å². The molecule has 0 aromatic heterocycles. The largest absolute Gasteiger partial charge is 0.471 e. The first-order valence-electron chi connectivity index (χ1n) is 5.78. The number of carbonyl (C=O) groups excluding carboxylic acids is 2. The van der Waals surface area contributed by atoms with E-state index in [2.05, 4.69) is 0 Å². The number of amides is 2. The van der Waals surface area contributed by atoms with Gasteiger partial charge in [-0.1, -0.05) is 24.3 Å². The summed E-state index contributed by atoms with van der Waals surface area (Å²) in [6, 6.07) is 5.52. The zero-order chi connectivity index (χ0) is 17.0. The van der Waals surface area contributed by atoms with Crippen LogP contribution in [0.25, 0.3) is 0 Å². The van der Waals surface area contributed by atoms with Crippen LogP contribution < -0.4 is 10.6 Å². The molecule has 2 amide bonds. The van der Waals surface area contributed by atoms with Gasteiger partial charge in [0.05, 0.1) is 0 Å². The smallest absolute Gasteiger partial charge is 0.344 e. The van der Waals surface area contributed by atoms with Crippen LogP contribution in [-0.4, -0.2) is 24.2 Å². The van der Waals surface area contributed by atoms with Crippen molar-refractivity contribution in [3.63, 3.8) is 0 Å². The Morgan fingerprint density at radius 1 is 0.773 bits per heavy atom. The van der Waals surface area contributed by atoms with Crippen molar-refractivity contribution in [2.24, 2.45) is 0 Å². The van der Waals surface area contributed by atoms with E-state index in [1.165, 1.54) is 24.3 Å². The summed E-state index contributed by atoms with van der Waals surface area (Å²) in [5.41, 5.74) is 0.310. The van der Waals surface area contributed by atoms with Crippen LogP contribution in [0.5, 0.6) is 0 Å². The third-order valence-corrected chi connectivity index (χ3v) is 2.51. The lowest BCUT2D eigenvalue weighted by molar-refractivity contribution is -0.173. The van der Waals surface area contributed by atoms with Crippen molar-refractivity contribution in [1.82, 2.24) is 10.6 Å². The molecule has 122 valence electrons. The molecule has 0 aliphatic rings. The quantitative estimate of drug-likeness (QED) is 0.831. The standard InChI is InChI=1S/C12H10F6N2O2/c13-11(14,15)9(21)19-5-7-3-1-2-4-8(7)6-20-10(22)12(16,17)18/h1-4H,5-6H2,(H,19,21)(H,20,22). The summed E-state index contributed by atoms with van der Waals surface area (Å²) in [5.74, 6) is -4.33. The Morgan fingerprint density at radius 2 is 1.09 bits per heavy atom. The molecule has 0 heterocycles. The maximum Gasteiger partial charge on any atom is 0.471 e. The number of hydrogen-bond donors (Lipinski definition) is 2. The molecular weight excluding hydrogens is 318 g/mol. The van der Waals surface area contributed by atoms with E-state index in [-0.39, 0.29) is 11.1 Å². The van der Waals surface area contributed by atoms with Crippen molar-refractivity contribution in [3.05, 3.63) is 35.4 Å². The van der Waals surface area contributed by atoms with Crippen molar-refractivity contribution < 1.29 is 35.9 Å². The number of carbonyl (C=O) groups is 2. The molecule has 1 aromatic carbocycles. The number of halogens is 6. The van der Waals surface area contributed by atoms with Gasteiger partial charge in [0.1, 0.15) is 0 Å². The Kier molecular flexibility index (Phi) is 5.39. The highest BCUT2D eigenvalue weighted by Gasteiger charge is 2.39. The highest BCUT2D eigenvalue weighted by Crippen LogP contribution is 2.17. The molecule has 2 N–H and O–H groups in total. The average molecular weight is 328 g/mol. The van der Waals surface area contributed by atoms with Gasteiger partial charge in [0.15, 0.2) is 0 Å². The fourth-order valence-corrected chi connectivity index (χ4v) is 1.45. The van der Waals surface area contributed by atoms with E-state index < -0.39 is 37.3 Å². The number of rotatable bonds is 4. The van der Waals surface area contributed by atoms with Crippen LogP contribution in [0.1, 0.15) is 11.1 Å². The van der Waals surface area contributed by atoms with E-state index in [9.17, 15) is 35.9 Å². The second-order valence-corrected chi connectivity index (χ2v) is 4.13. The molecule has 0 aliphatic heterocycles. The molecule has 0 aliphatic carbocycles. The lowest BCUT2D eigenvalue weighted by atomic mass is 10.1. The molecule has 0 fully saturated rings. The van der Waals surface area contributed by atoms with Crippen molar-refractivity contribution in [3.8, 4) is 0 Å². The van der Waals surface area contributed by atoms with Gasteiger partial charge >= 0.3 is 24.2 Å². The van der Waals surface area contributed by atoms with Crippen LogP contribution in [0, 0.1) is 0 Å². The average Bonchev–Trinajstić information content (AvgIpc) is 2.40. The van der Waals surface area contributed by atoms with Gasteiger partial charge in [-0.2, -0.15) is 26.3 Å². The van der Waals surface area contributed by atoms with Crippen LogP contribution >= 0.6 is 0 Å². The molecule has 10 heteroatoms. The molecule has 0 spiro atoms. The van der Waals surface area contributed by atoms with Gasteiger partial charge in [0, 0.05) is 13.1 Å². The predicted octanol–water partition coefficient (Wildman–Crippen LogP) is 2.04. The first kappa shape index (κ1) is 17.8. The summed E-state index contributed by atoms with van der Waals surface area (Å²) < 4.78 is 72.3. The number of hydrogen-bond acceptors (Lipinski definition) is 2. The van der Waals surface area contributed by atoms with Gasteiger partial charge in [-0.15, -0.1) is 0 Å². The van der Waals surface area contributed by atoms with E-state index in [1.807, 2.05) is 0 Å². The Hall–Kier alpha value is -2.26. The summed E-state index contributed by atoms with van der Waals surface area (Å²) >= 11 is 0. The van der Waals surface area contributed by atoms with E-state index >= 15 is 0 Å². The lowest BCUT2D eigenvalue weighted by Gasteiger charge is -2.13. The molecule has 1 aromatic rings. The zero-order valence-corrected chi connectivity index (χ0v) is 10.8. The minimum Gasteiger partial charge on any atom is -0.344 e. The SMILES string of the molecule is O=C(NCc1ccccc1CNC(=O)C(F)(F)F)C(F)(F)F. The predicted molar refractivity (Wildman–Crippen MR) is 62.2 cm³/mol. The Balaban J connectivity index is 2.70. The van der Waals surface area contributed by atoms with Gasteiger partial charge in [-0.25, -0.2) is 0 Å². The number of benzene rings is 1. The molecule has 0 unspecified atom stereocenters. The number of nitrogens with one attached hydrogen (secondary N) is 2. The molecule has 0 bridgehead atoms. The molecule has 0 radical (unpaired) electrons. The Bertz CT molecular complexity index is 504. The monoisotopic (exact) mass is 328 g/mol. The zero-order valence-electron chi connectivity index (χ0n) is 10.8. The first-order valence-corrected chi connectivity index (χ1v) is 5.78. The van der Waals surface area contributed by atoms with Crippen LogP contribution in [0.15, 0.2) is 24.3 Å². The molecule has 0 saturated heterocycles. The number of alkyl halides is 6. The van der Waals surface area contributed by atoms with E-state index in [0.717, 1.165) is 0 Å². The Morgan fingerprint density at radius 3 is 1.36 bits per heavy atom.